The van der Waals surface area contributed by atoms with E-state index in [1.165, 1.54) is 19.4 Å². The molecule has 4 rings (SSSR count). The van der Waals surface area contributed by atoms with Gasteiger partial charge in [-0.1, -0.05) is 29.3 Å². The maximum Gasteiger partial charge on any atom is 0.250 e. The van der Waals surface area contributed by atoms with Crippen molar-refractivity contribution in [1.82, 2.24) is 15.0 Å². The molecular formula is C22H23Cl2N7O3. The first kappa shape index (κ1) is 23.8. The number of methoxy groups -OCH3 is 1. The lowest BCUT2D eigenvalue weighted by Gasteiger charge is -2.27. The van der Waals surface area contributed by atoms with E-state index in [9.17, 15) is 5.11 Å². The minimum atomic E-state index is -0.0827. The Balaban J connectivity index is 1.60. The lowest BCUT2D eigenvalue weighted by atomic mass is 10.2. The Morgan fingerprint density at radius 1 is 1.12 bits per heavy atom. The number of aromatic hydroxyl groups is 1. The first-order valence-corrected chi connectivity index (χ1v) is 11.2. The zero-order valence-electron chi connectivity index (χ0n) is 18.5. The van der Waals surface area contributed by atoms with Crippen molar-refractivity contribution in [3.05, 3.63) is 51.5 Å². The van der Waals surface area contributed by atoms with E-state index in [1.807, 2.05) is 24.0 Å². The summed E-state index contributed by atoms with van der Waals surface area (Å²) >= 11 is 12.3. The maximum atomic E-state index is 10.3. The highest BCUT2D eigenvalue weighted by Crippen LogP contribution is 2.32. The Bertz CT molecular complexity index is 1200. The van der Waals surface area contributed by atoms with Crippen molar-refractivity contribution < 1.29 is 14.6 Å². The van der Waals surface area contributed by atoms with Gasteiger partial charge in [0, 0.05) is 40.5 Å². The van der Waals surface area contributed by atoms with Crippen molar-refractivity contribution in [2.24, 2.45) is 5.10 Å². The third-order valence-electron chi connectivity index (χ3n) is 5.00. The molecule has 0 radical (unpaired) electrons. The van der Waals surface area contributed by atoms with Gasteiger partial charge in [-0.15, -0.1) is 0 Å². The van der Waals surface area contributed by atoms with Crippen LogP contribution < -0.4 is 20.4 Å². The van der Waals surface area contributed by atoms with Crippen LogP contribution in [0.1, 0.15) is 11.1 Å². The van der Waals surface area contributed by atoms with Crippen LogP contribution in [0.2, 0.25) is 10.0 Å². The van der Waals surface area contributed by atoms with Gasteiger partial charge < -0.3 is 24.8 Å². The Hall–Kier alpha value is -3.34. The number of aryl methyl sites for hydroxylation is 1. The van der Waals surface area contributed by atoms with E-state index < -0.39 is 0 Å². The van der Waals surface area contributed by atoms with Crippen LogP contribution in [-0.4, -0.2) is 59.7 Å². The number of hydrogen-bond donors (Lipinski definition) is 3. The molecule has 2 aromatic carbocycles. The maximum absolute atomic E-state index is 10.3. The van der Waals surface area contributed by atoms with Gasteiger partial charge in [0.1, 0.15) is 0 Å². The number of halogens is 2. The van der Waals surface area contributed by atoms with Crippen LogP contribution in [0.25, 0.3) is 0 Å². The topological polar surface area (TPSA) is 117 Å². The number of phenolic OH excluding ortho intramolecular Hbond substituents is 1. The van der Waals surface area contributed by atoms with E-state index in [2.05, 4.69) is 30.8 Å². The smallest absolute Gasteiger partial charge is 0.250 e. The number of rotatable bonds is 7. The van der Waals surface area contributed by atoms with Gasteiger partial charge in [-0.2, -0.15) is 20.1 Å². The van der Waals surface area contributed by atoms with Gasteiger partial charge in [-0.3, -0.25) is 0 Å². The summed E-state index contributed by atoms with van der Waals surface area (Å²) in [6.45, 7) is 4.40. The average Bonchev–Trinajstić information content (AvgIpc) is 2.84. The van der Waals surface area contributed by atoms with Crippen molar-refractivity contribution in [2.75, 3.05) is 49.1 Å². The summed E-state index contributed by atoms with van der Waals surface area (Å²) in [5.74, 6) is 1.17. The molecule has 0 unspecified atom stereocenters. The number of ether oxygens (including phenoxy) is 2. The zero-order valence-corrected chi connectivity index (χ0v) is 20.1. The second kappa shape index (κ2) is 10.7. The van der Waals surface area contributed by atoms with Crippen LogP contribution >= 0.6 is 23.2 Å². The molecule has 0 saturated carbocycles. The van der Waals surface area contributed by atoms with Gasteiger partial charge in [-0.25, -0.2) is 5.43 Å². The molecule has 1 aliphatic rings. The van der Waals surface area contributed by atoms with E-state index in [-0.39, 0.29) is 17.4 Å². The number of morpholine rings is 1. The number of aromatic nitrogens is 3. The van der Waals surface area contributed by atoms with E-state index in [1.54, 1.807) is 12.1 Å². The van der Waals surface area contributed by atoms with Crippen LogP contribution in [0, 0.1) is 6.92 Å². The molecule has 0 bridgehead atoms. The summed E-state index contributed by atoms with van der Waals surface area (Å²) in [5.41, 5.74) is 4.86. The number of anilines is 4. The quantitative estimate of drug-likeness (QED) is 0.321. The fourth-order valence-electron chi connectivity index (χ4n) is 3.18. The molecule has 0 amide bonds. The fourth-order valence-corrected chi connectivity index (χ4v) is 3.58. The molecule has 1 aromatic heterocycles. The second-order valence-electron chi connectivity index (χ2n) is 7.39. The van der Waals surface area contributed by atoms with Crippen LogP contribution in [0.4, 0.5) is 23.5 Å². The van der Waals surface area contributed by atoms with E-state index in [4.69, 9.17) is 32.7 Å². The van der Waals surface area contributed by atoms with Gasteiger partial charge in [-0.05, 0) is 30.7 Å². The first-order valence-electron chi connectivity index (χ1n) is 10.4. The first-order chi connectivity index (χ1) is 16.4. The van der Waals surface area contributed by atoms with Gasteiger partial charge >= 0.3 is 0 Å². The molecule has 12 heteroatoms. The second-order valence-corrected chi connectivity index (χ2v) is 8.23. The zero-order chi connectivity index (χ0) is 24.1. The summed E-state index contributed by atoms with van der Waals surface area (Å²) in [5, 5.41) is 18.6. The van der Waals surface area contributed by atoms with Crippen molar-refractivity contribution in [3.63, 3.8) is 0 Å². The standard InChI is InChI=1S/C22H23Cl2N7O3/c1-13-3-4-16(11-17(13)24)26-20-27-21(29-22(28-20)31-5-7-34-8-6-31)30-25-12-14-9-15(23)10-18(33-2)19(14)32/h3-4,9-12,32H,5-8H2,1-2H3,(H2,26,27,28,29,30)/b25-12+. The molecule has 10 nitrogen and oxygen atoms in total. The van der Waals surface area contributed by atoms with E-state index in [0.29, 0.717) is 53.8 Å². The largest absolute Gasteiger partial charge is 0.504 e. The number of nitrogens with zero attached hydrogens (tertiary/aromatic N) is 5. The molecule has 2 heterocycles. The summed E-state index contributed by atoms with van der Waals surface area (Å²) in [6.07, 6.45) is 1.40. The summed E-state index contributed by atoms with van der Waals surface area (Å²) in [4.78, 5) is 15.4. The number of hydrazone groups is 1. The Kier molecular flexibility index (Phi) is 7.51. The molecular weight excluding hydrogens is 481 g/mol. The fraction of sp³-hybridized carbons (Fsp3) is 0.273. The van der Waals surface area contributed by atoms with Crippen LogP contribution in [0.3, 0.4) is 0 Å². The van der Waals surface area contributed by atoms with E-state index >= 15 is 0 Å². The van der Waals surface area contributed by atoms with E-state index in [0.717, 1.165) is 11.3 Å². The highest BCUT2D eigenvalue weighted by atomic mass is 35.5. The number of benzene rings is 2. The molecule has 0 aliphatic carbocycles. The van der Waals surface area contributed by atoms with Gasteiger partial charge in [0.05, 0.1) is 26.5 Å². The summed E-state index contributed by atoms with van der Waals surface area (Å²) in [7, 11) is 1.44. The Labute approximate surface area is 206 Å². The number of hydrogen-bond acceptors (Lipinski definition) is 10. The highest BCUT2D eigenvalue weighted by Gasteiger charge is 2.17. The third-order valence-corrected chi connectivity index (χ3v) is 5.63. The molecule has 34 heavy (non-hydrogen) atoms. The van der Waals surface area contributed by atoms with Crippen molar-refractivity contribution >= 4 is 52.9 Å². The summed E-state index contributed by atoms with van der Waals surface area (Å²) < 4.78 is 10.5. The van der Waals surface area contributed by atoms with Crippen LogP contribution in [0.5, 0.6) is 11.5 Å². The van der Waals surface area contributed by atoms with Crippen LogP contribution in [0.15, 0.2) is 35.4 Å². The molecule has 3 aromatic rings. The Morgan fingerprint density at radius 3 is 2.62 bits per heavy atom. The molecule has 178 valence electrons. The van der Waals surface area contributed by atoms with Crippen molar-refractivity contribution in [3.8, 4) is 11.5 Å². The van der Waals surface area contributed by atoms with Gasteiger partial charge in [0.25, 0.3) is 0 Å². The van der Waals surface area contributed by atoms with Gasteiger partial charge in [0.15, 0.2) is 11.5 Å². The molecule has 3 N–H and O–H groups in total. The SMILES string of the molecule is COc1cc(Cl)cc(/C=N/Nc2nc(Nc3ccc(C)c(Cl)c3)nc(N3CCOCC3)n2)c1O. The van der Waals surface area contributed by atoms with Crippen LogP contribution in [-0.2, 0) is 4.74 Å². The predicted octanol–water partition coefficient (Wildman–Crippen LogP) is 4.23. The van der Waals surface area contributed by atoms with Crippen molar-refractivity contribution in [1.29, 1.82) is 0 Å². The molecule has 1 fully saturated rings. The molecule has 1 saturated heterocycles. The lowest BCUT2D eigenvalue weighted by Crippen LogP contribution is -2.37. The number of nitrogens with one attached hydrogen (secondary N) is 2. The van der Waals surface area contributed by atoms with Crippen molar-refractivity contribution in [2.45, 2.75) is 6.92 Å². The monoisotopic (exact) mass is 503 g/mol. The summed E-state index contributed by atoms with van der Waals surface area (Å²) in [6, 6.07) is 8.67. The normalized spacial score (nSPS) is 13.8. The third kappa shape index (κ3) is 5.77. The highest BCUT2D eigenvalue weighted by molar-refractivity contribution is 6.31. The predicted molar refractivity (Wildman–Crippen MR) is 133 cm³/mol. The molecule has 0 atom stereocenters. The number of phenols is 1. The molecule has 1 aliphatic heterocycles. The Morgan fingerprint density at radius 2 is 1.88 bits per heavy atom. The minimum Gasteiger partial charge on any atom is -0.504 e. The molecule has 0 spiro atoms. The minimum absolute atomic E-state index is 0.0827. The lowest BCUT2D eigenvalue weighted by molar-refractivity contribution is 0.122. The average molecular weight is 504 g/mol. The van der Waals surface area contributed by atoms with Gasteiger partial charge in [0.2, 0.25) is 17.8 Å².